The Morgan fingerprint density at radius 1 is 1.14 bits per heavy atom. The smallest absolute Gasteiger partial charge is 0.253 e. The van der Waals surface area contributed by atoms with Crippen molar-refractivity contribution in [3.05, 3.63) is 53.0 Å². The summed E-state index contributed by atoms with van der Waals surface area (Å²) < 4.78 is 8.33. The zero-order valence-corrected chi connectivity index (χ0v) is 17.6. The maximum Gasteiger partial charge on any atom is 0.253 e. The molecule has 0 aliphatic carbocycles. The molecule has 0 bridgehead atoms. The van der Waals surface area contributed by atoms with Crippen LogP contribution in [0, 0.1) is 6.92 Å². The molecule has 1 saturated heterocycles. The predicted octanol–water partition coefficient (Wildman–Crippen LogP) is 4.43. The Bertz CT molecular complexity index is 1170. The quantitative estimate of drug-likeness (QED) is 0.453. The predicted molar refractivity (Wildman–Crippen MR) is 117 cm³/mol. The lowest BCUT2D eigenvalue weighted by Gasteiger charge is -2.28. The molecule has 6 nitrogen and oxygen atoms in total. The molecule has 1 fully saturated rings. The molecule has 1 aliphatic heterocycles. The summed E-state index contributed by atoms with van der Waals surface area (Å²) in [6, 6.07) is 12.4. The van der Waals surface area contributed by atoms with Crippen LogP contribution in [-0.2, 0) is 10.6 Å². The molecule has 0 radical (unpaired) electrons. The molecule has 0 spiro atoms. The minimum atomic E-state index is 0.470. The maximum atomic E-state index is 6.09. The number of anilines is 1. The van der Waals surface area contributed by atoms with E-state index in [-0.39, 0.29) is 0 Å². The Kier molecular flexibility index (Phi) is 4.95. The highest BCUT2D eigenvalue weighted by Gasteiger charge is 2.20. The fraction of sp³-hybridized carbons (Fsp3) is 0.286. The first-order valence-electron chi connectivity index (χ1n) is 9.53. The fourth-order valence-corrected chi connectivity index (χ4v) is 4.71. The second-order valence-corrected chi connectivity index (χ2v) is 8.43. The molecule has 1 aliphatic rings. The van der Waals surface area contributed by atoms with E-state index < -0.39 is 0 Å². The van der Waals surface area contributed by atoms with Crippen LogP contribution in [0.1, 0.15) is 10.4 Å². The van der Waals surface area contributed by atoms with Crippen molar-refractivity contribution in [2.24, 2.45) is 0 Å². The number of aromatic nitrogens is 4. The number of hydrogen-bond acceptors (Lipinski definition) is 6. The molecule has 4 aromatic rings. The molecule has 0 atom stereocenters. The van der Waals surface area contributed by atoms with Crippen LogP contribution in [0.15, 0.2) is 42.6 Å². The van der Waals surface area contributed by atoms with Gasteiger partial charge in [0.1, 0.15) is 0 Å². The molecule has 29 heavy (non-hydrogen) atoms. The van der Waals surface area contributed by atoms with Gasteiger partial charge in [-0.25, -0.2) is 9.67 Å². The average Bonchev–Trinajstić information content (AvgIpc) is 3.41. The van der Waals surface area contributed by atoms with Gasteiger partial charge in [0.2, 0.25) is 0 Å². The monoisotopic (exact) mass is 425 g/mol. The van der Waals surface area contributed by atoms with E-state index in [1.54, 1.807) is 16.0 Å². The first-order valence-corrected chi connectivity index (χ1v) is 10.9. The van der Waals surface area contributed by atoms with Crippen molar-refractivity contribution in [3.63, 3.8) is 0 Å². The molecule has 0 amide bonds. The van der Waals surface area contributed by atoms with E-state index in [4.69, 9.17) is 31.4 Å². The van der Waals surface area contributed by atoms with Crippen molar-refractivity contribution >= 4 is 39.0 Å². The van der Waals surface area contributed by atoms with Gasteiger partial charge in [0.05, 0.1) is 35.0 Å². The summed E-state index contributed by atoms with van der Waals surface area (Å²) in [6.45, 7) is 5.11. The molecule has 148 valence electrons. The van der Waals surface area contributed by atoms with E-state index in [0.29, 0.717) is 25.0 Å². The minimum Gasteiger partial charge on any atom is -0.378 e. The second-order valence-electron chi connectivity index (χ2n) is 7.02. The number of alkyl halides is 1. The van der Waals surface area contributed by atoms with Crippen LogP contribution in [0.25, 0.3) is 27.4 Å². The fourth-order valence-electron chi connectivity index (χ4n) is 3.50. The Morgan fingerprint density at radius 3 is 2.79 bits per heavy atom. The standard InChI is InChI=1S/C21H20ClN5OS/c1-14-3-2-4-15(11-14)17-5-6-27(25-17)21-23-18-12-16(13-22)29-19(18)20(24-21)26-7-9-28-10-8-26/h2-6,11-12H,7-10,13H2,1H3. The number of thiophene rings is 1. The van der Waals surface area contributed by atoms with Crippen LogP contribution < -0.4 is 4.90 Å². The van der Waals surface area contributed by atoms with Gasteiger partial charge in [-0.05, 0) is 25.1 Å². The van der Waals surface area contributed by atoms with Gasteiger partial charge in [0, 0.05) is 29.7 Å². The molecule has 1 aromatic carbocycles. The van der Waals surface area contributed by atoms with Crippen molar-refractivity contribution in [2.75, 3.05) is 31.2 Å². The van der Waals surface area contributed by atoms with Crippen LogP contribution in [0.5, 0.6) is 0 Å². The van der Waals surface area contributed by atoms with Crippen LogP contribution in [0.4, 0.5) is 5.82 Å². The summed E-state index contributed by atoms with van der Waals surface area (Å²) in [6.07, 6.45) is 1.91. The van der Waals surface area contributed by atoms with Crippen molar-refractivity contribution in [2.45, 2.75) is 12.8 Å². The Hall–Kier alpha value is -2.48. The Balaban J connectivity index is 1.60. The largest absolute Gasteiger partial charge is 0.378 e. The number of hydrogen-bond donors (Lipinski definition) is 0. The summed E-state index contributed by atoms with van der Waals surface area (Å²) in [4.78, 5) is 13.0. The van der Waals surface area contributed by atoms with E-state index in [9.17, 15) is 0 Å². The molecular formula is C21H20ClN5OS. The van der Waals surface area contributed by atoms with Gasteiger partial charge in [-0.1, -0.05) is 23.8 Å². The van der Waals surface area contributed by atoms with E-state index in [1.807, 2.05) is 24.4 Å². The van der Waals surface area contributed by atoms with Crippen LogP contribution in [-0.4, -0.2) is 46.1 Å². The lowest BCUT2D eigenvalue weighted by molar-refractivity contribution is 0.122. The third-order valence-electron chi connectivity index (χ3n) is 4.94. The highest BCUT2D eigenvalue weighted by molar-refractivity contribution is 7.19. The first kappa shape index (κ1) is 18.5. The van der Waals surface area contributed by atoms with Gasteiger partial charge in [-0.2, -0.15) is 10.1 Å². The topological polar surface area (TPSA) is 56.1 Å². The molecular weight excluding hydrogens is 406 g/mol. The average molecular weight is 426 g/mol. The molecule has 0 N–H and O–H groups in total. The Morgan fingerprint density at radius 2 is 2.00 bits per heavy atom. The summed E-state index contributed by atoms with van der Waals surface area (Å²) in [7, 11) is 0. The first-order chi connectivity index (χ1) is 14.2. The highest BCUT2D eigenvalue weighted by atomic mass is 35.5. The molecule has 0 unspecified atom stereocenters. The minimum absolute atomic E-state index is 0.470. The van der Waals surface area contributed by atoms with E-state index in [0.717, 1.165) is 45.3 Å². The highest BCUT2D eigenvalue weighted by Crippen LogP contribution is 2.34. The number of benzene rings is 1. The molecule has 5 rings (SSSR count). The van der Waals surface area contributed by atoms with Gasteiger partial charge in [-0.3, -0.25) is 0 Å². The third-order valence-corrected chi connectivity index (χ3v) is 6.51. The number of halogens is 1. The molecule has 3 aromatic heterocycles. The number of ether oxygens (including phenoxy) is 1. The normalized spacial score (nSPS) is 14.6. The van der Waals surface area contributed by atoms with E-state index in [2.05, 4.69) is 30.0 Å². The van der Waals surface area contributed by atoms with E-state index in [1.165, 1.54) is 5.56 Å². The van der Waals surface area contributed by atoms with Crippen molar-refractivity contribution in [1.29, 1.82) is 0 Å². The van der Waals surface area contributed by atoms with Crippen LogP contribution >= 0.6 is 22.9 Å². The van der Waals surface area contributed by atoms with Gasteiger partial charge in [0.15, 0.2) is 5.82 Å². The lowest BCUT2D eigenvalue weighted by atomic mass is 10.1. The number of nitrogens with zero attached hydrogens (tertiary/aromatic N) is 5. The number of rotatable bonds is 4. The van der Waals surface area contributed by atoms with Gasteiger partial charge < -0.3 is 9.64 Å². The second kappa shape index (κ2) is 7.74. The van der Waals surface area contributed by atoms with Gasteiger partial charge in [-0.15, -0.1) is 22.9 Å². The molecule has 4 heterocycles. The number of fused-ring (bicyclic) bond motifs is 1. The molecule has 8 heteroatoms. The zero-order valence-electron chi connectivity index (χ0n) is 16.0. The summed E-state index contributed by atoms with van der Waals surface area (Å²) in [5.41, 5.74) is 4.09. The van der Waals surface area contributed by atoms with Crippen molar-refractivity contribution in [3.8, 4) is 17.2 Å². The zero-order chi connectivity index (χ0) is 19.8. The van der Waals surface area contributed by atoms with Gasteiger partial charge >= 0.3 is 0 Å². The number of aryl methyl sites for hydroxylation is 1. The van der Waals surface area contributed by atoms with Gasteiger partial charge in [0.25, 0.3) is 5.95 Å². The Labute approximate surface area is 177 Å². The van der Waals surface area contributed by atoms with Crippen LogP contribution in [0.2, 0.25) is 0 Å². The van der Waals surface area contributed by atoms with Crippen molar-refractivity contribution in [1.82, 2.24) is 19.7 Å². The molecule has 0 saturated carbocycles. The lowest BCUT2D eigenvalue weighted by Crippen LogP contribution is -2.37. The van der Waals surface area contributed by atoms with Crippen LogP contribution in [0.3, 0.4) is 0 Å². The maximum absolute atomic E-state index is 6.09. The SMILES string of the molecule is Cc1cccc(-c2ccn(-c3nc(N4CCOCC4)c4sc(CCl)cc4n3)n2)c1. The summed E-state index contributed by atoms with van der Waals surface area (Å²) in [5.74, 6) is 1.97. The number of morpholine rings is 1. The summed E-state index contributed by atoms with van der Waals surface area (Å²) in [5, 5.41) is 4.74. The van der Waals surface area contributed by atoms with E-state index >= 15 is 0 Å². The van der Waals surface area contributed by atoms with Crippen molar-refractivity contribution < 1.29 is 4.74 Å². The summed E-state index contributed by atoms with van der Waals surface area (Å²) >= 11 is 7.74. The third kappa shape index (κ3) is 3.61.